The Morgan fingerprint density at radius 2 is 1.76 bits per heavy atom. The summed E-state index contributed by atoms with van der Waals surface area (Å²) in [6.45, 7) is 1.45. The van der Waals surface area contributed by atoms with Gasteiger partial charge in [0.2, 0.25) is 5.95 Å². The van der Waals surface area contributed by atoms with Crippen molar-refractivity contribution in [1.82, 2.24) is 9.97 Å². The fourth-order valence-electron chi connectivity index (χ4n) is 3.97. The number of rotatable bonds is 6. The lowest BCUT2D eigenvalue weighted by atomic mass is 9.97. The molecule has 0 bridgehead atoms. The van der Waals surface area contributed by atoms with Gasteiger partial charge in [-0.1, -0.05) is 30.0 Å². The van der Waals surface area contributed by atoms with E-state index in [9.17, 15) is 0 Å². The summed E-state index contributed by atoms with van der Waals surface area (Å²) in [6.07, 6.45) is 3.92. The summed E-state index contributed by atoms with van der Waals surface area (Å²) in [4.78, 5) is 8.23. The van der Waals surface area contributed by atoms with E-state index in [4.69, 9.17) is 25.7 Å². The summed E-state index contributed by atoms with van der Waals surface area (Å²) >= 11 is 0. The molecular formula is C26H29N5O3. The minimum absolute atomic E-state index is 0.138. The second kappa shape index (κ2) is 10.8. The molecule has 0 radical (unpaired) electrons. The maximum atomic E-state index is 6.15. The molecule has 1 aromatic heterocycles. The lowest BCUT2D eigenvalue weighted by Gasteiger charge is -2.26. The van der Waals surface area contributed by atoms with Crippen LogP contribution >= 0.6 is 0 Å². The number of benzene rings is 2. The van der Waals surface area contributed by atoms with Crippen molar-refractivity contribution in [3.05, 3.63) is 64.8 Å². The first-order valence-electron chi connectivity index (χ1n) is 11.1. The van der Waals surface area contributed by atoms with Gasteiger partial charge < -0.3 is 31.0 Å². The summed E-state index contributed by atoms with van der Waals surface area (Å²) in [5.74, 6) is 8.18. The minimum Gasteiger partial charge on any atom is -0.492 e. The molecule has 2 heterocycles. The Labute approximate surface area is 199 Å². The van der Waals surface area contributed by atoms with Crippen molar-refractivity contribution in [3.63, 3.8) is 0 Å². The zero-order valence-corrected chi connectivity index (χ0v) is 19.4. The van der Waals surface area contributed by atoms with Crippen LogP contribution in [0.3, 0.4) is 0 Å². The van der Waals surface area contributed by atoms with E-state index in [0.29, 0.717) is 23.7 Å². The van der Waals surface area contributed by atoms with Gasteiger partial charge in [0.1, 0.15) is 5.82 Å². The van der Waals surface area contributed by atoms with Gasteiger partial charge in [-0.2, -0.15) is 4.98 Å². The van der Waals surface area contributed by atoms with Crippen LogP contribution in [-0.4, -0.2) is 43.4 Å². The highest BCUT2D eigenvalue weighted by atomic mass is 16.5. The van der Waals surface area contributed by atoms with E-state index in [0.717, 1.165) is 54.0 Å². The van der Waals surface area contributed by atoms with Gasteiger partial charge in [-0.25, -0.2) is 4.98 Å². The molecule has 0 atom stereocenters. The smallest absolute Gasteiger partial charge is 0.221 e. The van der Waals surface area contributed by atoms with Crippen LogP contribution in [0.5, 0.6) is 11.5 Å². The van der Waals surface area contributed by atoms with Crippen molar-refractivity contribution < 1.29 is 14.2 Å². The summed E-state index contributed by atoms with van der Waals surface area (Å²) in [7, 11) is 3.25. The number of anilines is 3. The molecule has 0 aliphatic carbocycles. The Hall–Kier alpha value is -3.96. The second-order valence-electron chi connectivity index (χ2n) is 7.99. The average molecular weight is 460 g/mol. The van der Waals surface area contributed by atoms with E-state index < -0.39 is 0 Å². The predicted molar refractivity (Wildman–Crippen MR) is 133 cm³/mol. The maximum absolute atomic E-state index is 6.15. The van der Waals surface area contributed by atoms with Crippen molar-refractivity contribution in [2.45, 2.75) is 25.3 Å². The lowest BCUT2D eigenvalue weighted by Crippen LogP contribution is -2.28. The Bertz CT molecular complexity index is 1200. The SMILES string of the molecule is COc1c(NC2CCOCC2)cc(Cc2cnc(N)nc2N)c(C#Cc2ccccc2)c1OC. The molecule has 0 amide bonds. The van der Waals surface area contributed by atoms with E-state index in [-0.39, 0.29) is 12.0 Å². The van der Waals surface area contributed by atoms with Crippen molar-refractivity contribution in [3.8, 4) is 23.3 Å². The molecule has 1 saturated heterocycles. The standard InChI is InChI=1S/C26H29N5O3/c1-32-23-21(9-8-17-6-4-3-5-7-17)18(14-19-16-29-26(28)31-25(19)27)15-22(24(23)33-2)30-20-10-12-34-13-11-20/h3-7,15-16,20,30H,10-14H2,1-2H3,(H4,27,28,29,31). The molecule has 0 unspecified atom stereocenters. The number of nitrogens with one attached hydrogen (secondary N) is 1. The first-order chi connectivity index (χ1) is 16.6. The number of hydrogen-bond acceptors (Lipinski definition) is 8. The number of nitrogens with zero attached hydrogens (tertiary/aromatic N) is 2. The van der Waals surface area contributed by atoms with Crippen molar-refractivity contribution in [2.75, 3.05) is 44.2 Å². The van der Waals surface area contributed by atoms with Crippen LogP contribution < -0.4 is 26.3 Å². The molecule has 34 heavy (non-hydrogen) atoms. The summed E-state index contributed by atoms with van der Waals surface area (Å²) in [6, 6.07) is 12.1. The molecule has 1 aliphatic rings. The number of methoxy groups -OCH3 is 2. The predicted octanol–water partition coefficient (Wildman–Crippen LogP) is 3.24. The van der Waals surface area contributed by atoms with Gasteiger partial charge in [0.05, 0.1) is 25.5 Å². The van der Waals surface area contributed by atoms with Crippen molar-refractivity contribution >= 4 is 17.5 Å². The molecule has 8 heteroatoms. The zero-order valence-electron chi connectivity index (χ0n) is 19.4. The van der Waals surface area contributed by atoms with Gasteiger partial charge >= 0.3 is 0 Å². The van der Waals surface area contributed by atoms with Gasteiger partial charge in [-0.3, -0.25) is 0 Å². The highest BCUT2D eigenvalue weighted by Crippen LogP contribution is 2.42. The number of hydrogen-bond donors (Lipinski definition) is 3. The molecule has 4 rings (SSSR count). The molecule has 1 fully saturated rings. The van der Waals surface area contributed by atoms with Crippen LogP contribution in [0.2, 0.25) is 0 Å². The zero-order chi connectivity index (χ0) is 23.9. The molecule has 176 valence electrons. The number of nitrogens with two attached hydrogens (primary N) is 2. The molecular weight excluding hydrogens is 430 g/mol. The van der Waals surface area contributed by atoms with E-state index in [1.54, 1.807) is 20.4 Å². The van der Waals surface area contributed by atoms with Crippen molar-refractivity contribution in [2.24, 2.45) is 0 Å². The Morgan fingerprint density at radius 1 is 1.03 bits per heavy atom. The molecule has 8 nitrogen and oxygen atoms in total. The third kappa shape index (κ3) is 5.33. The second-order valence-corrected chi connectivity index (χ2v) is 7.99. The van der Waals surface area contributed by atoms with E-state index >= 15 is 0 Å². The summed E-state index contributed by atoms with van der Waals surface area (Å²) in [5, 5.41) is 3.61. The summed E-state index contributed by atoms with van der Waals surface area (Å²) in [5.41, 5.74) is 16.0. The van der Waals surface area contributed by atoms with Gasteiger partial charge in [-0.05, 0) is 36.6 Å². The van der Waals surface area contributed by atoms with Crippen LogP contribution in [-0.2, 0) is 11.2 Å². The average Bonchev–Trinajstić information content (AvgIpc) is 2.86. The third-order valence-corrected chi connectivity index (χ3v) is 5.71. The Balaban J connectivity index is 1.83. The van der Waals surface area contributed by atoms with Crippen LogP contribution in [0.15, 0.2) is 42.6 Å². The van der Waals surface area contributed by atoms with Gasteiger partial charge in [0.25, 0.3) is 0 Å². The van der Waals surface area contributed by atoms with Crippen LogP contribution in [0.25, 0.3) is 0 Å². The third-order valence-electron chi connectivity index (χ3n) is 5.71. The number of nitrogen functional groups attached to an aromatic ring is 2. The van der Waals surface area contributed by atoms with E-state index in [2.05, 4.69) is 27.1 Å². The lowest BCUT2D eigenvalue weighted by molar-refractivity contribution is 0.0904. The van der Waals surface area contributed by atoms with Gasteiger partial charge in [0, 0.05) is 43.0 Å². The molecule has 0 saturated carbocycles. The minimum atomic E-state index is 0.138. The van der Waals surface area contributed by atoms with Crippen molar-refractivity contribution in [1.29, 1.82) is 0 Å². The largest absolute Gasteiger partial charge is 0.492 e. The molecule has 1 aliphatic heterocycles. The highest BCUT2D eigenvalue weighted by molar-refractivity contribution is 5.73. The molecule has 0 spiro atoms. The number of aromatic nitrogens is 2. The molecule has 5 N–H and O–H groups in total. The van der Waals surface area contributed by atoms with Gasteiger partial charge in [-0.15, -0.1) is 0 Å². The Morgan fingerprint density at radius 3 is 2.44 bits per heavy atom. The first-order valence-corrected chi connectivity index (χ1v) is 11.1. The normalized spacial score (nSPS) is 13.6. The first kappa shape index (κ1) is 23.2. The molecule has 3 aromatic rings. The topological polar surface area (TPSA) is 118 Å². The van der Waals surface area contributed by atoms with Crippen LogP contribution in [0, 0.1) is 11.8 Å². The van der Waals surface area contributed by atoms with E-state index in [1.807, 2.05) is 36.4 Å². The van der Waals surface area contributed by atoms with Crippen LogP contribution in [0.4, 0.5) is 17.5 Å². The quantitative estimate of drug-likeness (QED) is 0.481. The molecule has 2 aromatic carbocycles. The monoisotopic (exact) mass is 459 g/mol. The van der Waals surface area contributed by atoms with Gasteiger partial charge in [0.15, 0.2) is 11.5 Å². The Kier molecular flexibility index (Phi) is 7.35. The fourth-order valence-corrected chi connectivity index (χ4v) is 3.97. The highest BCUT2D eigenvalue weighted by Gasteiger charge is 2.23. The van der Waals surface area contributed by atoms with E-state index in [1.165, 1.54) is 0 Å². The summed E-state index contributed by atoms with van der Waals surface area (Å²) < 4.78 is 17.1. The maximum Gasteiger partial charge on any atom is 0.221 e. The fraction of sp³-hybridized carbons (Fsp3) is 0.308. The number of ether oxygens (including phenoxy) is 3. The van der Waals surface area contributed by atoms with Crippen LogP contribution in [0.1, 0.15) is 35.1 Å².